The molecule has 1 aromatic carbocycles. The zero-order chi connectivity index (χ0) is 16.2. The number of aliphatic imine (C=N–C) groups is 1. The quantitative estimate of drug-likeness (QED) is 0.405. The molecule has 4 nitrogen and oxygen atoms in total. The number of hydrogen-bond donors (Lipinski definition) is 2. The second kappa shape index (κ2) is 8.80. The van der Waals surface area contributed by atoms with Crippen molar-refractivity contribution < 1.29 is 0 Å². The van der Waals surface area contributed by atoms with Crippen LogP contribution in [0.2, 0.25) is 0 Å². The summed E-state index contributed by atoms with van der Waals surface area (Å²) in [7, 11) is 0. The van der Waals surface area contributed by atoms with Gasteiger partial charge >= 0.3 is 0 Å². The van der Waals surface area contributed by atoms with Crippen molar-refractivity contribution in [2.45, 2.75) is 46.0 Å². The topological polar surface area (TPSA) is 63.3 Å². The highest BCUT2D eigenvalue weighted by molar-refractivity contribution is 14.0. The van der Waals surface area contributed by atoms with Crippen molar-refractivity contribution in [1.82, 2.24) is 4.98 Å². The molecule has 2 aromatic rings. The molecule has 0 saturated carbocycles. The maximum absolute atomic E-state index is 6.00. The van der Waals surface area contributed by atoms with Crippen LogP contribution in [0.1, 0.15) is 40.1 Å². The predicted octanol–water partition coefficient (Wildman–Crippen LogP) is 4.09. The lowest BCUT2D eigenvalue weighted by Gasteiger charge is -2.07. The third-order valence-electron chi connectivity index (χ3n) is 4.25. The van der Waals surface area contributed by atoms with Crippen molar-refractivity contribution >= 4 is 47.0 Å². The normalized spacial score (nSPS) is 13.5. The number of anilines is 1. The van der Waals surface area contributed by atoms with E-state index < -0.39 is 0 Å². The van der Waals surface area contributed by atoms with E-state index in [1.165, 1.54) is 41.0 Å². The number of guanidine groups is 1. The molecule has 0 unspecified atom stereocenters. The van der Waals surface area contributed by atoms with Gasteiger partial charge in [0.2, 0.25) is 0 Å². The van der Waals surface area contributed by atoms with E-state index in [1.54, 1.807) is 11.3 Å². The molecule has 1 aliphatic carbocycles. The Kier molecular flexibility index (Phi) is 7.03. The molecule has 3 N–H and O–H groups in total. The molecule has 0 atom stereocenters. The summed E-state index contributed by atoms with van der Waals surface area (Å²) in [5, 5.41) is 4.34. The Morgan fingerprint density at radius 2 is 2.12 bits per heavy atom. The fourth-order valence-electron chi connectivity index (χ4n) is 3.03. The number of rotatable bonds is 5. The zero-order valence-electron chi connectivity index (χ0n) is 14.3. The lowest BCUT2D eigenvalue weighted by atomic mass is 10.1. The maximum Gasteiger partial charge on any atom is 0.193 e. The molecular formula is C18H25IN4S. The molecule has 3 rings (SSSR count). The van der Waals surface area contributed by atoms with Gasteiger partial charge in [-0.15, -0.1) is 35.3 Å². The van der Waals surface area contributed by atoms with E-state index >= 15 is 0 Å². The molecule has 1 aliphatic rings. The molecule has 130 valence electrons. The average molecular weight is 456 g/mol. The number of nitrogens with zero attached hydrogens (tertiary/aromatic N) is 2. The lowest BCUT2D eigenvalue weighted by molar-refractivity contribution is 0.912. The standard InChI is InChI=1S/C18H24N4S.HI/c1-3-16-12(2)23-17(22-16)9-10-20-18(19)21-15-8-7-13-5-4-6-14(13)11-15;/h7-8,11H,3-6,9-10H2,1-2H3,(H3,19,20,21);1H. The first-order valence-corrected chi connectivity index (χ1v) is 9.11. The average Bonchev–Trinajstić information content (AvgIpc) is 3.12. The van der Waals surface area contributed by atoms with Gasteiger partial charge in [-0.05, 0) is 55.9 Å². The van der Waals surface area contributed by atoms with Gasteiger partial charge < -0.3 is 11.1 Å². The zero-order valence-corrected chi connectivity index (χ0v) is 17.4. The van der Waals surface area contributed by atoms with Crippen LogP contribution in [0.3, 0.4) is 0 Å². The van der Waals surface area contributed by atoms with Gasteiger partial charge in [0.15, 0.2) is 5.96 Å². The van der Waals surface area contributed by atoms with Gasteiger partial charge in [-0.2, -0.15) is 0 Å². The molecule has 0 bridgehead atoms. The molecule has 6 heteroatoms. The Balaban J connectivity index is 0.00000208. The van der Waals surface area contributed by atoms with Crippen LogP contribution >= 0.6 is 35.3 Å². The first-order valence-electron chi connectivity index (χ1n) is 8.29. The number of hydrogen-bond acceptors (Lipinski definition) is 3. The highest BCUT2D eigenvalue weighted by Gasteiger charge is 2.11. The second-order valence-electron chi connectivity index (χ2n) is 5.94. The predicted molar refractivity (Wildman–Crippen MR) is 114 cm³/mol. The molecule has 0 spiro atoms. The molecule has 0 fully saturated rings. The van der Waals surface area contributed by atoms with Crippen molar-refractivity contribution in [3.63, 3.8) is 0 Å². The van der Waals surface area contributed by atoms with Crippen molar-refractivity contribution in [2.24, 2.45) is 10.7 Å². The van der Waals surface area contributed by atoms with E-state index in [2.05, 4.69) is 47.3 Å². The Bertz CT molecular complexity index is 724. The summed E-state index contributed by atoms with van der Waals surface area (Å²) in [6, 6.07) is 6.48. The maximum atomic E-state index is 6.00. The third kappa shape index (κ3) is 4.69. The number of halogens is 1. The fraction of sp³-hybridized carbons (Fsp3) is 0.444. The summed E-state index contributed by atoms with van der Waals surface area (Å²) in [4.78, 5) is 10.4. The highest BCUT2D eigenvalue weighted by Crippen LogP contribution is 2.24. The Morgan fingerprint density at radius 3 is 2.88 bits per heavy atom. The van der Waals surface area contributed by atoms with Gasteiger partial charge in [0.1, 0.15) is 0 Å². The summed E-state index contributed by atoms with van der Waals surface area (Å²) in [5.41, 5.74) is 11.1. The minimum absolute atomic E-state index is 0. The van der Waals surface area contributed by atoms with E-state index in [4.69, 9.17) is 5.73 Å². The summed E-state index contributed by atoms with van der Waals surface area (Å²) in [6.45, 7) is 4.94. The Labute approximate surface area is 165 Å². The van der Waals surface area contributed by atoms with Gasteiger partial charge in [0.05, 0.1) is 10.7 Å². The van der Waals surface area contributed by atoms with Gasteiger partial charge in [0, 0.05) is 23.5 Å². The van der Waals surface area contributed by atoms with Crippen molar-refractivity contribution in [2.75, 3.05) is 11.9 Å². The SMILES string of the molecule is CCc1nc(CCN=C(N)Nc2ccc3c(c2)CCC3)sc1C.I. The first-order chi connectivity index (χ1) is 11.2. The molecule has 0 radical (unpaired) electrons. The van der Waals surface area contributed by atoms with Crippen LogP contribution in [0.15, 0.2) is 23.2 Å². The number of aromatic nitrogens is 1. The lowest BCUT2D eigenvalue weighted by Crippen LogP contribution is -2.23. The van der Waals surface area contributed by atoms with Crippen LogP contribution < -0.4 is 11.1 Å². The molecular weight excluding hydrogens is 431 g/mol. The highest BCUT2D eigenvalue weighted by atomic mass is 127. The molecule has 0 saturated heterocycles. The summed E-state index contributed by atoms with van der Waals surface area (Å²) in [5.74, 6) is 0.479. The van der Waals surface area contributed by atoms with Crippen molar-refractivity contribution in [3.05, 3.63) is 44.9 Å². The molecule has 0 aliphatic heterocycles. The summed E-state index contributed by atoms with van der Waals surface area (Å²) in [6.07, 6.45) is 5.47. The smallest absolute Gasteiger partial charge is 0.193 e. The van der Waals surface area contributed by atoms with E-state index in [-0.39, 0.29) is 24.0 Å². The number of aryl methyl sites for hydroxylation is 4. The number of thiazole rings is 1. The van der Waals surface area contributed by atoms with Crippen LogP contribution in [0.5, 0.6) is 0 Å². The van der Waals surface area contributed by atoms with Crippen LogP contribution in [-0.4, -0.2) is 17.5 Å². The fourth-order valence-corrected chi connectivity index (χ4v) is 4.04. The molecule has 1 heterocycles. The molecule has 1 aromatic heterocycles. The minimum atomic E-state index is 0. The minimum Gasteiger partial charge on any atom is -0.370 e. The second-order valence-corrected chi connectivity index (χ2v) is 7.23. The molecule has 0 amide bonds. The third-order valence-corrected chi connectivity index (χ3v) is 5.32. The largest absolute Gasteiger partial charge is 0.370 e. The van der Waals surface area contributed by atoms with E-state index in [9.17, 15) is 0 Å². The first kappa shape index (κ1) is 19.2. The van der Waals surface area contributed by atoms with Crippen LogP contribution in [0.25, 0.3) is 0 Å². The number of nitrogens with one attached hydrogen (secondary N) is 1. The van der Waals surface area contributed by atoms with Crippen molar-refractivity contribution in [1.29, 1.82) is 0 Å². The van der Waals surface area contributed by atoms with Gasteiger partial charge in [-0.25, -0.2) is 4.98 Å². The van der Waals surface area contributed by atoms with E-state index in [1.807, 2.05) is 0 Å². The Hall–Kier alpha value is -1.15. The van der Waals surface area contributed by atoms with Crippen LogP contribution in [-0.2, 0) is 25.7 Å². The van der Waals surface area contributed by atoms with E-state index in [0.717, 1.165) is 23.5 Å². The van der Waals surface area contributed by atoms with Gasteiger partial charge in [-0.3, -0.25) is 4.99 Å². The summed E-state index contributed by atoms with van der Waals surface area (Å²) < 4.78 is 0. The molecule has 24 heavy (non-hydrogen) atoms. The number of fused-ring (bicyclic) bond motifs is 1. The number of nitrogens with two attached hydrogens (primary N) is 1. The van der Waals surface area contributed by atoms with Gasteiger partial charge in [-0.1, -0.05) is 13.0 Å². The number of benzene rings is 1. The van der Waals surface area contributed by atoms with E-state index in [0.29, 0.717) is 12.5 Å². The Morgan fingerprint density at radius 1 is 1.33 bits per heavy atom. The van der Waals surface area contributed by atoms with Gasteiger partial charge in [0.25, 0.3) is 0 Å². The van der Waals surface area contributed by atoms with Crippen molar-refractivity contribution in [3.8, 4) is 0 Å². The van der Waals surface area contributed by atoms with Crippen LogP contribution in [0, 0.1) is 6.92 Å². The monoisotopic (exact) mass is 456 g/mol. The van der Waals surface area contributed by atoms with Crippen LogP contribution in [0.4, 0.5) is 5.69 Å². The summed E-state index contributed by atoms with van der Waals surface area (Å²) >= 11 is 1.77.